The van der Waals surface area contributed by atoms with Gasteiger partial charge < -0.3 is 9.80 Å². The van der Waals surface area contributed by atoms with E-state index in [-0.39, 0.29) is 22.2 Å². The number of carbonyl (C=O) groups is 1. The van der Waals surface area contributed by atoms with Crippen LogP contribution in [0.15, 0.2) is 30.6 Å². The Morgan fingerprint density at radius 2 is 1.92 bits per heavy atom. The van der Waals surface area contributed by atoms with Gasteiger partial charge in [0.15, 0.2) is 0 Å². The largest absolute Gasteiger partial charge is 0.353 e. The summed E-state index contributed by atoms with van der Waals surface area (Å²) in [6.07, 6.45) is 1.52. The molecule has 0 radical (unpaired) electrons. The number of hydrogen-bond acceptors (Lipinski definition) is 6. The fraction of sp³-hybridized carbons (Fsp3) is 0.312. The molecule has 1 amide bonds. The van der Waals surface area contributed by atoms with E-state index in [4.69, 9.17) is 11.6 Å². The number of anilines is 1. The summed E-state index contributed by atoms with van der Waals surface area (Å²) in [7, 11) is 0. The highest BCUT2D eigenvalue weighted by molar-refractivity contribution is 6.32. The minimum Gasteiger partial charge on any atom is -0.353 e. The first-order valence-corrected chi connectivity index (χ1v) is 8.10. The van der Waals surface area contributed by atoms with E-state index in [1.54, 1.807) is 4.90 Å². The molecular weight excluding hydrogens is 346 g/mol. The van der Waals surface area contributed by atoms with Crippen molar-refractivity contribution >= 4 is 29.0 Å². The number of carbonyl (C=O) groups excluding carboxylic acids is 1. The van der Waals surface area contributed by atoms with Crippen LogP contribution < -0.4 is 4.90 Å². The average molecular weight is 362 g/mol. The molecule has 1 saturated heterocycles. The topological polar surface area (TPSA) is 92.5 Å². The maximum Gasteiger partial charge on any atom is 0.288 e. The van der Waals surface area contributed by atoms with Gasteiger partial charge in [0, 0.05) is 49.6 Å². The van der Waals surface area contributed by atoms with Crippen LogP contribution in [0.5, 0.6) is 0 Å². The fourth-order valence-corrected chi connectivity index (χ4v) is 2.91. The number of aryl methyl sites for hydroxylation is 1. The molecule has 0 spiro atoms. The molecule has 1 aromatic heterocycles. The number of hydrogen-bond donors (Lipinski definition) is 0. The molecule has 0 atom stereocenters. The quantitative estimate of drug-likeness (QED) is 0.615. The second-order valence-corrected chi connectivity index (χ2v) is 6.13. The van der Waals surface area contributed by atoms with E-state index in [0.717, 1.165) is 11.5 Å². The average Bonchev–Trinajstić information content (AvgIpc) is 2.61. The molecule has 0 saturated carbocycles. The molecule has 1 aliphatic rings. The molecule has 25 heavy (non-hydrogen) atoms. The van der Waals surface area contributed by atoms with Gasteiger partial charge in [-0.3, -0.25) is 14.9 Å². The van der Waals surface area contributed by atoms with Crippen molar-refractivity contribution in [1.29, 1.82) is 0 Å². The summed E-state index contributed by atoms with van der Waals surface area (Å²) in [5, 5.41) is 11.0. The van der Waals surface area contributed by atoms with Crippen LogP contribution in [-0.2, 0) is 0 Å². The molecule has 0 aliphatic carbocycles. The molecule has 2 aromatic rings. The monoisotopic (exact) mass is 361 g/mol. The second-order valence-electron chi connectivity index (χ2n) is 5.72. The molecule has 3 rings (SSSR count). The van der Waals surface area contributed by atoms with Crippen LogP contribution in [0.25, 0.3) is 0 Å². The molecular formula is C16H16ClN5O3. The van der Waals surface area contributed by atoms with Gasteiger partial charge >= 0.3 is 0 Å². The normalized spacial score (nSPS) is 14.5. The Labute approximate surface area is 149 Å². The Morgan fingerprint density at radius 3 is 2.56 bits per heavy atom. The summed E-state index contributed by atoms with van der Waals surface area (Å²) < 4.78 is 0. The maximum absolute atomic E-state index is 12.6. The standard InChI is InChI=1S/C16H16ClN5O3/c1-11-8-15(19-10-18-11)20-4-6-21(7-5-20)16(23)12-2-3-13(17)14(9-12)22(24)25/h2-3,8-10H,4-7H2,1H3. The third kappa shape index (κ3) is 3.69. The van der Waals surface area contributed by atoms with Gasteiger partial charge in [0.05, 0.1) is 4.92 Å². The first kappa shape index (κ1) is 17.1. The van der Waals surface area contributed by atoms with E-state index in [1.807, 2.05) is 13.0 Å². The van der Waals surface area contributed by atoms with E-state index < -0.39 is 4.92 Å². The van der Waals surface area contributed by atoms with Gasteiger partial charge in [-0.2, -0.15) is 0 Å². The summed E-state index contributed by atoms with van der Waals surface area (Å²) in [6, 6.07) is 6.02. The molecule has 9 heteroatoms. The van der Waals surface area contributed by atoms with Crippen molar-refractivity contribution < 1.29 is 9.72 Å². The number of rotatable bonds is 3. The van der Waals surface area contributed by atoms with Crippen LogP contribution in [0.3, 0.4) is 0 Å². The third-order valence-electron chi connectivity index (χ3n) is 4.07. The molecule has 1 aliphatic heterocycles. The number of amides is 1. The van der Waals surface area contributed by atoms with Crippen LogP contribution in [0.4, 0.5) is 11.5 Å². The van der Waals surface area contributed by atoms with Crippen molar-refractivity contribution in [3.8, 4) is 0 Å². The van der Waals surface area contributed by atoms with E-state index in [9.17, 15) is 14.9 Å². The molecule has 2 heterocycles. The second kappa shape index (κ2) is 7.02. The Morgan fingerprint density at radius 1 is 1.20 bits per heavy atom. The van der Waals surface area contributed by atoms with Gasteiger partial charge in [0.25, 0.3) is 11.6 Å². The highest BCUT2D eigenvalue weighted by Crippen LogP contribution is 2.26. The van der Waals surface area contributed by atoms with Gasteiger partial charge in [-0.25, -0.2) is 9.97 Å². The van der Waals surface area contributed by atoms with Crippen molar-refractivity contribution in [1.82, 2.24) is 14.9 Å². The number of nitrogens with zero attached hydrogens (tertiary/aromatic N) is 5. The molecule has 130 valence electrons. The lowest BCUT2D eigenvalue weighted by Crippen LogP contribution is -2.49. The van der Waals surface area contributed by atoms with Crippen molar-refractivity contribution in [3.63, 3.8) is 0 Å². The Kier molecular flexibility index (Phi) is 4.80. The van der Waals surface area contributed by atoms with Crippen LogP contribution in [0.1, 0.15) is 16.1 Å². The third-order valence-corrected chi connectivity index (χ3v) is 4.39. The predicted octanol–water partition coefficient (Wildman–Crippen LogP) is 2.31. The van der Waals surface area contributed by atoms with Gasteiger partial charge in [-0.05, 0) is 19.1 Å². The molecule has 1 fully saturated rings. The Hall–Kier alpha value is -2.74. The van der Waals surface area contributed by atoms with Crippen LogP contribution in [0, 0.1) is 17.0 Å². The Bertz CT molecular complexity index is 821. The fourth-order valence-electron chi connectivity index (χ4n) is 2.72. The molecule has 0 bridgehead atoms. The number of benzene rings is 1. The lowest BCUT2D eigenvalue weighted by Gasteiger charge is -2.35. The van der Waals surface area contributed by atoms with Crippen molar-refractivity contribution in [2.45, 2.75) is 6.92 Å². The molecule has 1 aromatic carbocycles. The van der Waals surface area contributed by atoms with Gasteiger partial charge in [-0.15, -0.1) is 0 Å². The zero-order valence-electron chi connectivity index (χ0n) is 13.6. The van der Waals surface area contributed by atoms with E-state index in [2.05, 4.69) is 14.9 Å². The first-order chi connectivity index (χ1) is 12.0. The number of halogens is 1. The molecule has 8 nitrogen and oxygen atoms in total. The molecule has 0 N–H and O–H groups in total. The highest BCUT2D eigenvalue weighted by Gasteiger charge is 2.25. The predicted molar refractivity (Wildman–Crippen MR) is 93.0 cm³/mol. The van der Waals surface area contributed by atoms with Gasteiger partial charge in [0.2, 0.25) is 0 Å². The minimum atomic E-state index is -0.589. The zero-order chi connectivity index (χ0) is 18.0. The molecule has 0 unspecified atom stereocenters. The van der Waals surface area contributed by atoms with Gasteiger partial charge in [0.1, 0.15) is 17.2 Å². The first-order valence-electron chi connectivity index (χ1n) is 7.72. The highest BCUT2D eigenvalue weighted by atomic mass is 35.5. The zero-order valence-corrected chi connectivity index (χ0v) is 14.3. The van der Waals surface area contributed by atoms with Crippen LogP contribution in [0.2, 0.25) is 5.02 Å². The SMILES string of the molecule is Cc1cc(N2CCN(C(=O)c3ccc(Cl)c([N+](=O)[O-])c3)CC2)ncn1. The van der Waals surface area contributed by atoms with Crippen LogP contribution in [-0.4, -0.2) is 51.9 Å². The number of nitro benzene ring substituents is 1. The Balaban J connectivity index is 1.69. The smallest absolute Gasteiger partial charge is 0.288 e. The summed E-state index contributed by atoms with van der Waals surface area (Å²) >= 11 is 5.80. The maximum atomic E-state index is 12.6. The minimum absolute atomic E-state index is 0.0190. The van der Waals surface area contributed by atoms with E-state index in [1.165, 1.54) is 24.5 Å². The summed E-state index contributed by atoms with van der Waals surface area (Å²) in [5.74, 6) is 0.597. The lowest BCUT2D eigenvalue weighted by molar-refractivity contribution is -0.384. The number of nitro groups is 1. The van der Waals surface area contributed by atoms with Crippen molar-refractivity contribution in [3.05, 3.63) is 57.0 Å². The van der Waals surface area contributed by atoms with Crippen molar-refractivity contribution in [2.24, 2.45) is 0 Å². The number of aromatic nitrogens is 2. The number of piperazine rings is 1. The van der Waals surface area contributed by atoms with E-state index >= 15 is 0 Å². The summed E-state index contributed by atoms with van der Waals surface area (Å²) in [4.78, 5) is 35.1. The summed E-state index contributed by atoms with van der Waals surface area (Å²) in [6.45, 7) is 4.20. The van der Waals surface area contributed by atoms with Gasteiger partial charge in [-0.1, -0.05) is 11.6 Å². The van der Waals surface area contributed by atoms with E-state index in [0.29, 0.717) is 26.2 Å². The summed E-state index contributed by atoms with van der Waals surface area (Å²) in [5.41, 5.74) is 0.891. The van der Waals surface area contributed by atoms with Crippen LogP contribution >= 0.6 is 11.6 Å². The van der Waals surface area contributed by atoms with Crippen molar-refractivity contribution in [2.75, 3.05) is 31.1 Å². The lowest BCUT2D eigenvalue weighted by atomic mass is 10.1.